The Hall–Kier alpha value is -1.36. The molecule has 4 nitrogen and oxygen atoms in total. The fraction of sp³-hybridized carbons (Fsp3) is 0.250. The Kier molecular flexibility index (Phi) is 2.02. The molecule has 68 valence electrons. The quantitative estimate of drug-likeness (QED) is 0.623. The van der Waals surface area contributed by atoms with Crippen LogP contribution in [-0.2, 0) is 9.59 Å². The Bertz CT molecular complexity index is 334. The molecule has 0 saturated carbocycles. The molecule has 0 bridgehead atoms. The second-order valence-electron chi connectivity index (χ2n) is 2.75. The molecule has 2 N–H and O–H groups in total. The van der Waals surface area contributed by atoms with Crippen molar-refractivity contribution in [2.24, 2.45) is 0 Å². The lowest BCUT2D eigenvalue weighted by atomic mass is 10.2. The van der Waals surface area contributed by atoms with Crippen LogP contribution in [0.3, 0.4) is 0 Å². The van der Waals surface area contributed by atoms with Crippen molar-refractivity contribution in [2.75, 3.05) is 6.54 Å². The zero-order chi connectivity index (χ0) is 9.26. The number of carbonyl (C=O) groups is 2. The van der Waals surface area contributed by atoms with E-state index in [9.17, 15) is 9.59 Å². The van der Waals surface area contributed by atoms with Crippen molar-refractivity contribution in [1.82, 2.24) is 10.6 Å². The van der Waals surface area contributed by atoms with E-state index in [0.29, 0.717) is 6.54 Å². The predicted octanol–water partition coefficient (Wildman–Crippen LogP) is 0.0352. The number of piperazine rings is 1. The van der Waals surface area contributed by atoms with Gasteiger partial charge in [0.1, 0.15) is 0 Å². The highest BCUT2D eigenvalue weighted by atomic mass is 32.1. The molecule has 1 unspecified atom stereocenters. The maximum absolute atomic E-state index is 11.0. The van der Waals surface area contributed by atoms with E-state index < -0.39 is 11.8 Å². The van der Waals surface area contributed by atoms with E-state index in [-0.39, 0.29) is 6.04 Å². The van der Waals surface area contributed by atoms with Gasteiger partial charge in [-0.15, -0.1) is 11.3 Å². The average molecular weight is 196 g/mol. The topological polar surface area (TPSA) is 58.2 Å². The van der Waals surface area contributed by atoms with Gasteiger partial charge in [-0.05, 0) is 11.4 Å². The molecule has 1 aliphatic heterocycles. The molecular formula is C8H8N2O2S. The van der Waals surface area contributed by atoms with Crippen molar-refractivity contribution in [3.05, 3.63) is 22.4 Å². The zero-order valence-corrected chi connectivity index (χ0v) is 7.56. The highest BCUT2D eigenvalue weighted by Crippen LogP contribution is 2.19. The molecule has 5 heteroatoms. The van der Waals surface area contributed by atoms with Crippen molar-refractivity contribution in [3.8, 4) is 0 Å². The monoisotopic (exact) mass is 196 g/mol. The van der Waals surface area contributed by atoms with Crippen molar-refractivity contribution in [2.45, 2.75) is 6.04 Å². The fourth-order valence-electron chi connectivity index (χ4n) is 1.21. The first-order valence-corrected chi connectivity index (χ1v) is 4.77. The molecule has 2 rings (SSSR count). The van der Waals surface area contributed by atoms with E-state index in [1.54, 1.807) is 11.3 Å². The van der Waals surface area contributed by atoms with E-state index in [2.05, 4.69) is 10.6 Å². The molecule has 2 amide bonds. The van der Waals surface area contributed by atoms with Crippen LogP contribution in [0, 0.1) is 0 Å². The van der Waals surface area contributed by atoms with Crippen molar-refractivity contribution in [3.63, 3.8) is 0 Å². The molecule has 13 heavy (non-hydrogen) atoms. The van der Waals surface area contributed by atoms with E-state index >= 15 is 0 Å². The first-order chi connectivity index (χ1) is 6.27. The van der Waals surface area contributed by atoms with Gasteiger partial charge in [-0.25, -0.2) is 0 Å². The largest absolute Gasteiger partial charge is 0.345 e. The summed E-state index contributed by atoms with van der Waals surface area (Å²) < 4.78 is 0. The molecule has 1 aromatic heterocycles. The first kappa shape index (κ1) is 8.25. The van der Waals surface area contributed by atoms with Gasteiger partial charge in [-0.2, -0.15) is 0 Å². The minimum absolute atomic E-state index is 0.0646. The highest BCUT2D eigenvalue weighted by molar-refractivity contribution is 7.10. The number of carbonyl (C=O) groups excluding carboxylic acids is 2. The summed E-state index contributed by atoms with van der Waals surface area (Å²) in [5, 5.41) is 7.10. The normalized spacial score (nSPS) is 22.3. The van der Waals surface area contributed by atoms with E-state index in [0.717, 1.165) is 4.88 Å². The number of rotatable bonds is 1. The van der Waals surface area contributed by atoms with Crippen LogP contribution in [-0.4, -0.2) is 18.4 Å². The Morgan fingerprint density at radius 2 is 2.23 bits per heavy atom. The minimum atomic E-state index is -0.551. The zero-order valence-electron chi connectivity index (χ0n) is 6.74. The van der Waals surface area contributed by atoms with Crippen LogP contribution in [0.1, 0.15) is 10.9 Å². The molecular weight excluding hydrogens is 188 g/mol. The summed E-state index contributed by atoms with van der Waals surface area (Å²) in [6, 6.07) is 3.79. The summed E-state index contributed by atoms with van der Waals surface area (Å²) in [7, 11) is 0. The minimum Gasteiger partial charge on any atom is -0.345 e. The van der Waals surface area contributed by atoms with Gasteiger partial charge >= 0.3 is 11.8 Å². The Labute approximate surface area is 78.9 Å². The third kappa shape index (κ3) is 1.55. The van der Waals surface area contributed by atoms with Gasteiger partial charge in [-0.1, -0.05) is 6.07 Å². The molecule has 0 radical (unpaired) electrons. The van der Waals surface area contributed by atoms with Crippen LogP contribution in [0.4, 0.5) is 0 Å². The number of hydrogen-bond acceptors (Lipinski definition) is 3. The van der Waals surface area contributed by atoms with Crippen LogP contribution >= 0.6 is 11.3 Å². The van der Waals surface area contributed by atoms with E-state index in [1.165, 1.54) is 0 Å². The third-order valence-corrected chi connectivity index (χ3v) is 2.85. The van der Waals surface area contributed by atoms with Crippen molar-refractivity contribution >= 4 is 23.2 Å². The van der Waals surface area contributed by atoms with Gasteiger partial charge < -0.3 is 10.6 Å². The number of thiophene rings is 1. The SMILES string of the molecule is O=C1NCC(c2cccs2)NC1=O. The smallest absolute Gasteiger partial charge is 0.309 e. The Morgan fingerprint density at radius 1 is 1.38 bits per heavy atom. The summed E-state index contributed by atoms with van der Waals surface area (Å²) in [6.45, 7) is 0.477. The molecule has 0 aromatic carbocycles. The number of amides is 2. The van der Waals surface area contributed by atoms with Crippen LogP contribution in [0.5, 0.6) is 0 Å². The van der Waals surface area contributed by atoms with Gasteiger partial charge in [0.15, 0.2) is 0 Å². The maximum atomic E-state index is 11.0. The summed E-state index contributed by atoms with van der Waals surface area (Å²) in [6.07, 6.45) is 0. The second kappa shape index (κ2) is 3.18. The van der Waals surface area contributed by atoms with Crippen LogP contribution in [0.2, 0.25) is 0 Å². The molecule has 1 aliphatic rings. The molecule has 1 fully saturated rings. The van der Waals surface area contributed by atoms with Crippen LogP contribution < -0.4 is 10.6 Å². The molecule has 0 aliphatic carbocycles. The lowest BCUT2D eigenvalue weighted by Crippen LogP contribution is -2.51. The third-order valence-electron chi connectivity index (χ3n) is 1.86. The molecule has 1 atom stereocenters. The summed E-state index contributed by atoms with van der Waals surface area (Å²) in [5.41, 5.74) is 0. The molecule has 1 aromatic rings. The molecule has 2 heterocycles. The predicted molar refractivity (Wildman–Crippen MR) is 48.2 cm³/mol. The maximum Gasteiger partial charge on any atom is 0.309 e. The molecule has 1 saturated heterocycles. The lowest BCUT2D eigenvalue weighted by molar-refractivity contribution is -0.141. The van der Waals surface area contributed by atoms with Crippen LogP contribution in [0.15, 0.2) is 17.5 Å². The van der Waals surface area contributed by atoms with Gasteiger partial charge in [0.05, 0.1) is 6.04 Å². The highest BCUT2D eigenvalue weighted by Gasteiger charge is 2.26. The van der Waals surface area contributed by atoms with Crippen molar-refractivity contribution < 1.29 is 9.59 Å². The van der Waals surface area contributed by atoms with E-state index in [1.807, 2.05) is 17.5 Å². The van der Waals surface area contributed by atoms with Gasteiger partial charge in [0.2, 0.25) is 0 Å². The van der Waals surface area contributed by atoms with Crippen molar-refractivity contribution in [1.29, 1.82) is 0 Å². The Morgan fingerprint density at radius 3 is 2.85 bits per heavy atom. The standard InChI is InChI=1S/C8H8N2O2S/c11-7-8(12)10-5(4-9-7)6-2-1-3-13-6/h1-3,5H,4H2,(H,9,11)(H,10,12). The lowest BCUT2D eigenvalue weighted by Gasteiger charge is -2.22. The summed E-state index contributed by atoms with van der Waals surface area (Å²) in [5.74, 6) is -1.10. The summed E-state index contributed by atoms with van der Waals surface area (Å²) in [4.78, 5) is 22.8. The number of nitrogens with one attached hydrogen (secondary N) is 2. The number of hydrogen-bond donors (Lipinski definition) is 2. The Balaban J connectivity index is 2.12. The molecule has 0 spiro atoms. The van der Waals surface area contributed by atoms with Gasteiger partial charge in [0, 0.05) is 11.4 Å². The first-order valence-electron chi connectivity index (χ1n) is 3.89. The van der Waals surface area contributed by atoms with Gasteiger partial charge in [0.25, 0.3) is 0 Å². The second-order valence-corrected chi connectivity index (χ2v) is 3.73. The van der Waals surface area contributed by atoms with Crippen LogP contribution in [0.25, 0.3) is 0 Å². The average Bonchev–Trinajstić information content (AvgIpc) is 2.62. The fourth-order valence-corrected chi connectivity index (χ4v) is 1.99. The van der Waals surface area contributed by atoms with E-state index in [4.69, 9.17) is 0 Å². The van der Waals surface area contributed by atoms with Gasteiger partial charge in [-0.3, -0.25) is 9.59 Å². The summed E-state index contributed by atoms with van der Waals surface area (Å²) >= 11 is 1.57.